The average Bonchev–Trinajstić information content (AvgIpc) is 2.07. The molecule has 1 rings (SSSR count). The lowest BCUT2D eigenvalue weighted by molar-refractivity contribution is -0.0436. The number of nitrogens with two attached hydrogens (primary N) is 1. The molecule has 84 valence electrons. The zero-order valence-corrected chi connectivity index (χ0v) is 9.45. The van der Waals surface area contributed by atoms with Crippen LogP contribution in [0, 0.1) is 0 Å². The summed E-state index contributed by atoms with van der Waals surface area (Å²) in [6.07, 6.45) is 0. The quantitative estimate of drug-likeness (QED) is 0.810. The van der Waals surface area contributed by atoms with Gasteiger partial charge in [-0.1, -0.05) is 6.07 Å². The van der Waals surface area contributed by atoms with Gasteiger partial charge < -0.3 is 5.73 Å². The van der Waals surface area contributed by atoms with Gasteiger partial charge in [0, 0.05) is 5.69 Å². The minimum Gasteiger partial charge on any atom is -0.398 e. The van der Waals surface area contributed by atoms with E-state index in [1.54, 1.807) is 0 Å². The molecule has 0 aliphatic heterocycles. The Labute approximate surface area is 92.1 Å². The number of benzene rings is 1. The third-order valence-electron chi connectivity index (χ3n) is 1.59. The van der Waals surface area contributed by atoms with Gasteiger partial charge in [0.25, 0.3) is 9.84 Å². The van der Waals surface area contributed by atoms with Gasteiger partial charge in [0.1, 0.15) is 0 Å². The lowest BCUT2D eigenvalue weighted by atomic mass is 10.3. The Bertz CT molecular complexity index is 483. The monoisotopic (exact) mass is 303 g/mol. The van der Waals surface area contributed by atoms with Crippen LogP contribution in [0.3, 0.4) is 0 Å². The molecule has 2 N–H and O–H groups in total. The van der Waals surface area contributed by atoms with Crippen LogP contribution in [0.1, 0.15) is 0 Å². The molecule has 0 radical (unpaired) electrons. The summed E-state index contributed by atoms with van der Waals surface area (Å²) in [7, 11) is -5.36. The van der Waals surface area contributed by atoms with Crippen LogP contribution < -0.4 is 5.73 Å². The summed E-state index contributed by atoms with van der Waals surface area (Å²) < 4.78 is 58.3. The number of rotatable bonds is 1. The molecule has 0 fully saturated rings. The normalized spacial score (nSPS) is 12.8. The first kappa shape index (κ1) is 12.3. The van der Waals surface area contributed by atoms with Crippen molar-refractivity contribution in [1.29, 1.82) is 0 Å². The molecule has 0 saturated carbocycles. The standard InChI is InChI=1S/C7H5BrF3NO2S/c8-6-4(12)2-1-3-5(6)15(13,14)7(9,10)11/h1-3H,12H2. The van der Waals surface area contributed by atoms with Crippen LogP contribution in [-0.4, -0.2) is 13.9 Å². The second kappa shape index (κ2) is 3.67. The number of sulfone groups is 1. The fourth-order valence-electron chi connectivity index (χ4n) is 0.860. The molecule has 3 nitrogen and oxygen atoms in total. The number of hydrogen-bond acceptors (Lipinski definition) is 3. The van der Waals surface area contributed by atoms with E-state index >= 15 is 0 Å². The highest BCUT2D eigenvalue weighted by Gasteiger charge is 2.47. The van der Waals surface area contributed by atoms with Gasteiger partial charge in [0.2, 0.25) is 0 Å². The van der Waals surface area contributed by atoms with Gasteiger partial charge in [-0.25, -0.2) is 8.42 Å². The zero-order valence-electron chi connectivity index (χ0n) is 7.05. The second-order valence-corrected chi connectivity index (χ2v) is 5.31. The van der Waals surface area contributed by atoms with Crippen LogP contribution in [0.4, 0.5) is 18.9 Å². The molecule has 8 heteroatoms. The van der Waals surface area contributed by atoms with E-state index in [9.17, 15) is 21.6 Å². The van der Waals surface area contributed by atoms with Crippen LogP contribution in [0.5, 0.6) is 0 Å². The van der Waals surface area contributed by atoms with E-state index in [0.717, 1.165) is 12.1 Å². The zero-order chi connectivity index (χ0) is 11.9. The lowest BCUT2D eigenvalue weighted by Gasteiger charge is -2.10. The molecule has 15 heavy (non-hydrogen) atoms. The number of nitrogen functional groups attached to an aromatic ring is 1. The summed E-state index contributed by atoms with van der Waals surface area (Å²) in [5.74, 6) is 0. The SMILES string of the molecule is Nc1cccc(S(=O)(=O)C(F)(F)F)c1Br. The van der Waals surface area contributed by atoms with Gasteiger partial charge in [-0.2, -0.15) is 13.2 Å². The first-order valence-electron chi connectivity index (χ1n) is 3.53. The third kappa shape index (κ3) is 2.10. The van der Waals surface area contributed by atoms with E-state index in [1.165, 1.54) is 6.07 Å². The Hall–Kier alpha value is -0.760. The topological polar surface area (TPSA) is 60.2 Å². The van der Waals surface area contributed by atoms with Gasteiger partial charge in [-0.15, -0.1) is 0 Å². The molecule has 1 aromatic carbocycles. The number of anilines is 1. The maximum absolute atomic E-state index is 12.2. The molecular formula is C7H5BrF3NO2S. The van der Waals surface area contributed by atoms with Gasteiger partial charge in [-0.3, -0.25) is 0 Å². The summed E-state index contributed by atoms with van der Waals surface area (Å²) in [5.41, 5.74) is -0.117. The minimum absolute atomic E-state index is 0.0691. The van der Waals surface area contributed by atoms with E-state index < -0.39 is 20.2 Å². The van der Waals surface area contributed by atoms with Crippen molar-refractivity contribution >= 4 is 31.5 Å². The van der Waals surface area contributed by atoms with Gasteiger partial charge >= 0.3 is 5.51 Å². The van der Waals surface area contributed by atoms with E-state index in [2.05, 4.69) is 15.9 Å². The molecule has 0 amide bonds. The van der Waals surface area contributed by atoms with E-state index in [0.29, 0.717) is 0 Å². The maximum Gasteiger partial charge on any atom is 0.501 e. The molecule has 0 spiro atoms. The van der Waals surface area contributed by atoms with Crippen molar-refractivity contribution in [2.75, 3.05) is 5.73 Å². The summed E-state index contributed by atoms with van der Waals surface area (Å²) in [5, 5.41) is 0. The predicted molar refractivity (Wildman–Crippen MR) is 51.8 cm³/mol. The molecule has 0 saturated heterocycles. The van der Waals surface area contributed by atoms with Gasteiger partial charge in [0.05, 0.1) is 9.37 Å². The first-order chi connectivity index (χ1) is 6.68. The third-order valence-corrected chi connectivity index (χ3v) is 4.26. The van der Waals surface area contributed by atoms with Crippen molar-refractivity contribution in [3.63, 3.8) is 0 Å². The second-order valence-electron chi connectivity index (χ2n) is 2.61. The van der Waals surface area contributed by atoms with Crippen LogP contribution in [0.15, 0.2) is 27.6 Å². The van der Waals surface area contributed by atoms with Gasteiger partial charge in [0.15, 0.2) is 0 Å². The highest BCUT2D eigenvalue weighted by Crippen LogP contribution is 2.36. The first-order valence-corrected chi connectivity index (χ1v) is 5.81. The maximum atomic E-state index is 12.2. The number of halogens is 4. The molecule has 0 aliphatic rings. The molecule has 0 atom stereocenters. The Morgan fingerprint density at radius 1 is 1.27 bits per heavy atom. The number of alkyl halides is 3. The Morgan fingerprint density at radius 3 is 2.27 bits per heavy atom. The Kier molecular flexibility index (Phi) is 3.01. The molecule has 0 bridgehead atoms. The summed E-state index contributed by atoms with van der Waals surface area (Å²) in [4.78, 5) is -0.880. The van der Waals surface area contributed by atoms with Crippen molar-refractivity contribution in [3.05, 3.63) is 22.7 Å². The molecule has 0 unspecified atom stereocenters. The van der Waals surface area contributed by atoms with Crippen LogP contribution in [0.2, 0.25) is 0 Å². The largest absolute Gasteiger partial charge is 0.501 e. The van der Waals surface area contributed by atoms with Crippen LogP contribution in [-0.2, 0) is 9.84 Å². The fraction of sp³-hybridized carbons (Fsp3) is 0.143. The van der Waals surface area contributed by atoms with E-state index in [4.69, 9.17) is 5.73 Å². The smallest absolute Gasteiger partial charge is 0.398 e. The van der Waals surface area contributed by atoms with Crippen molar-refractivity contribution in [2.24, 2.45) is 0 Å². The van der Waals surface area contributed by atoms with Crippen molar-refractivity contribution < 1.29 is 21.6 Å². The molecule has 0 aromatic heterocycles. The fourth-order valence-corrected chi connectivity index (χ4v) is 2.62. The summed E-state index contributed by atoms with van der Waals surface area (Å²) in [6, 6.07) is 3.27. The van der Waals surface area contributed by atoms with Gasteiger partial charge in [-0.05, 0) is 28.1 Å². The Balaban J connectivity index is 3.49. The van der Waals surface area contributed by atoms with Crippen LogP contribution in [0.25, 0.3) is 0 Å². The summed E-state index contributed by atoms with van der Waals surface area (Å²) in [6.45, 7) is 0. The van der Waals surface area contributed by atoms with Crippen molar-refractivity contribution in [2.45, 2.75) is 10.4 Å². The summed E-state index contributed by atoms with van der Waals surface area (Å²) >= 11 is 2.70. The molecule has 1 aromatic rings. The van der Waals surface area contributed by atoms with Crippen molar-refractivity contribution in [3.8, 4) is 0 Å². The highest BCUT2D eigenvalue weighted by molar-refractivity contribution is 9.10. The highest BCUT2D eigenvalue weighted by atomic mass is 79.9. The van der Waals surface area contributed by atoms with E-state index in [-0.39, 0.29) is 10.2 Å². The molecule has 0 aliphatic carbocycles. The molecular weight excluding hydrogens is 299 g/mol. The van der Waals surface area contributed by atoms with Crippen molar-refractivity contribution in [1.82, 2.24) is 0 Å². The average molecular weight is 304 g/mol. The number of hydrogen-bond donors (Lipinski definition) is 1. The predicted octanol–water partition coefficient (Wildman–Crippen LogP) is 2.32. The minimum atomic E-state index is -5.36. The van der Waals surface area contributed by atoms with Crippen LogP contribution >= 0.6 is 15.9 Å². The van der Waals surface area contributed by atoms with E-state index in [1.807, 2.05) is 0 Å². The molecule has 0 heterocycles. The lowest BCUT2D eigenvalue weighted by Crippen LogP contribution is -2.23. The Morgan fingerprint density at radius 2 is 1.80 bits per heavy atom.